The van der Waals surface area contributed by atoms with Crippen LogP contribution in [-0.4, -0.2) is 6.54 Å². The van der Waals surface area contributed by atoms with E-state index in [1.54, 1.807) is 6.26 Å². The molecule has 0 amide bonds. The first-order valence-electron chi connectivity index (χ1n) is 4.70. The number of benzene rings is 1. The van der Waals surface area contributed by atoms with Crippen LogP contribution in [0.2, 0.25) is 0 Å². The minimum absolute atomic E-state index is 0.172. The van der Waals surface area contributed by atoms with Crippen LogP contribution in [0.5, 0.6) is 0 Å². The molecule has 1 aromatic heterocycles. The van der Waals surface area contributed by atoms with Gasteiger partial charge in [0.25, 0.3) is 0 Å². The number of furan rings is 1. The van der Waals surface area contributed by atoms with E-state index in [9.17, 15) is 0 Å². The molecule has 2 heteroatoms. The van der Waals surface area contributed by atoms with Crippen LogP contribution in [0.25, 0.3) is 0 Å². The summed E-state index contributed by atoms with van der Waals surface area (Å²) in [6.45, 7) is 0.567. The van der Waals surface area contributed by atoms with Crippen molar-refractivity contribution in [2.24, 2.45) is 5.73 Å². The van der Waals surface area contributed by atoms with Gasteiger partial charge in [-0.1, -0.05) is 30.3 Å². The van der Waals surface area contributed by atoms with Crippen molar-refractivity contribution < 1.29 is 4.42 Å². The van der Waals surface area contributed by atoms with Crippen molar-refractivity contribution in [3.63, 3.8) is 0 Å². The van der Waals surface area contributed by atoms with E-state index in [4.69, 9.17) is 10.2 Å². The molecule has 0 saturated carbocycles. The van der Waals surface area contributed by atoms with Gasteiger partial charge in [-0.05, 0) is 17.7 Å². The summed E-state index contributed by atoms with van der Waals surface area (Å²) in [7, 11) is 0. The summed E-state index contributed by atoms with van der Waals surface area (Å²) in [5.41, 5.74) is 6.94. The van der Waals surface area contributed by atoms with Crippen molar-refractivity contribution in [2.75, 3.05) is 6.54 Å². The first-order chi connectivity index (χ1) is 6.92. The molecule has 14 heavy (non-hydrogen) atoms. The second-order valence-electron chi connectivity index (χ2n) is 3.21. The predicted octanol–water partition coefficient (Wildman–Crippen LogP) is 2.37. The minimum Gasteiger partial charge on any atom is -0.469 e. The maximum atomic E-state index is 5.74. The third-order valence-corrected chi connectivity index (χ3v) is 2.32. The molecule has 72 valence electrons. The van der Waals surface area contributed by atoms with E-state index in [0.717, 1.165) is 5.76 Å². The molecule has 0 aliphatic rings. The summed E-state index contributed by atoms with van der Waals surface area (Å²) >= 11 is 0. The number of nitrogens with two attached hydrogens (primary N) is 1. The quantitative estimate of drug-likeness (QED) is 0.801. The van der Waals surface area contributed by atoms with E-state index in [-0.39, 0.29) is 5.92 Å². The summed E-state index contributed by atoms with van der Waals surface area (Å²) in [5.74, 6) is 1.10. The minimum atomic E-state index is 0.172. The Labute approximate surface area is 83.4 Å². The zero-order chi connectivity index (χ0) is 9.80. The van der Waals surface area contributed by atoms with Crippen molar-refractivity contribution in [1.82, 2.24) is 0 Å². The average Bonchev–Trinajstić information content (AvgIpc) is 2.74. The topological polar surface area (TPSA) is 39.2 Å². The molecule has 0 bridgehead atoms. The summed E-state index contributed by atoms with van der Waals surface area (Å²) in [6, 6.07) is 14.0. The highest BCUT2D eigenvalue weighted by Gasteiger charge is 2.13. The summed E-state index contributed by atoms with van der Waals surface area (Å²) in [5, 5.41) is 0. The van der Waals surface area contributed by atoms with Gasteiger partial charge in [-0.2, -0.15) is 0 Å². The van der Waals surface area contributed by atoms with Gasteiger partial charge in [0, 0.05) is 6.54 Å². The van der Waals surface area contributed by atoms with Crippen LogP contribution in [0.1, 0.15) is 17.2 Å². The molecule has 1 heterocycles. The molecule has 2 aromatic rings. The molecule has 0 fully saturated rings. The van der Waals surface area contributed by atoms with Gasteiger partial charge in [-0.15, -0.1) is 0 Å². The highest BCUT2D eigenvalue weighted by molar-refractivity contribution is 5.27. The first-order valence-corrected chi connectivity index (χ1v) is 4.70. The lowest BCUT2D eigenvalue weighted by molar-refractivity contribution is 0.487. The molecule has 0 aliphatic carbocycles. The number of hydrogen-bond acceptors (Lipinski definition) is 2. The van der Waals surface area contributed by atoms with Crippen molar-refractivity contribution in [2.45, 2.75) is 5.92 Å². The third-order valence-electron chi connectivity index (χ3n) is 2.32. The maximum Gasteiger partial charge on any atom is 0.112 e. The second-order valence-corrected chi connectivity index (χ2v) is 3.21. The highest BCUT2D eigenvalue weighted by Crippen LogP contribution is 2.23. The number of rotatable bonds is 3. The standard InChI is InChI=1S/C12H13NO/c13-9-11(12-7-4-8-14-12)10-5-2-1-3-6-10/h1-8,11H,9,13H2. The second kappa shape index (κ2) is 4.11. The van der Waals surface area contributed by atoms with Crippen molar-refractivity contribution >= 4 is 0 Å². The van der Waals surface area contributed by atoms with Gasteiger partial charge in [0.15, 0.2) is 0 Å². The largest absolute Gasteiger partial charge is 0.469 e. The number of hydrogen-bond donors (Lipinski definition) is 1. The average molecular weight is 187 g/mol. The van der Waals surface area contributed by atoms with Crippen LogP contribution >= 0.6 is 0 Å². The Hall–Kier alpha value is -1.54. The highest BCUT2D eigenvalue weighted by atomic mass is 16.3. The Kier molecular flexibility index (Phi) is 2.65. The smallest absolute Gasteiger partial charge is 0.112 e. The fourth-order valence-electron chi connectivity index (χ4n) is 1.59. The maximum absolute atomic E-state index is 5.74. The van der Waals surface area contributed by atoms with E-state index in [2.05, 4.69) is 12.1 Å². The van der Waals surface area contributed by atoms with Crippen LogP contribution in [0, 0.1) is 0 Å². The van der Waals surface area contributed by atoms with Gasteiger partial charge in [0.1, 0.15) is 5.76 Å². The summed E-state index contributed by atoms with van der Waals surface area (Å²) in [6.07, 6.45) is 1.68. The van der Waals surface area contributed by atoms with Crippen LogP contribution in [0.3, 0.4) is 0 Å². The van der Waals surface area contributed by atoms with E-state index < -0.39 is 0 Å². The molecule has 0 aliphatic heterocycles. The molecule has 0 spiro atoms. The van der Waals surface area contributed by atoms with Crippen molar-refractivity contribution in [3.8, 4) is 0 Å². The van der Waals surface area contributed by atoms with Gasteiger partial charge in [0.05, 0.1) is 12.2 Å². The lowest BCUT2D eigenvalue weighted by atomic mass is 9.97. The third kappa shape index (κ3) is 1.70. The lowest BCUT2D eigenvalue weighted by Crippen LogP contribution is -2.12. The van der Waals surface area contributed by atoms with Crippen LogP contribution < -0.4 is 5.73 Å². The SMILES string of the molecule is NCC(c1ccccc1)c1ccco1. The fourth-order valence-corrected chi connectivity index (χ4v) is 1.59. The predicted molar refractivity (Wildman–Crippen MR) is 56.0 cm³/mol. The van der Waals surface area contributed by atoms with Gasteiger partial charge in [-0.3, -0.25) is 0 Å². The molecule has 0 saturated heterocycles. The Bertz CT molecular complexity index is 366. The Morgan fingerprint density at radius 3 is 2.43 bits per heavy atom. The van der Waals surface area contributed by atoms with Crippen LogP contribution in [-0.2, 0) is 0 Å². The molecule has 1 atom stereocenters. The Balaban J connectivity index is 2.31. The Morgan fingerprint density at radius 2 is 1.86 bits per heavy atom. The van der Waals surface area contributed by atoms with Gasteiger partial charge in [0.2, 0.25) is 0 Å². The molecular formula is C12H13NO. The zero-order valence-corrected chi connectivity index (χ0v) is 7.89. The normalized spacial score (nSPS) is 12.6. The molecule has 1 unspecified atom stereocenters. The summed E-state index contributed by atoms with van der Waals surface area (Å²) < 4.78 is 5.36. The zero-order valence-electron chi connectivity index (χ0n) is 7.89. The molecule has 2 nitrogen and oxygen atoms in total. The molecule has 2 rings (SSSR count). The van der Waals surface area contributed by atoms with E-state index in [1.165, 1.54) is 5.56 Å². The lowest BCUT2D eigenvalue weighted by Gasteiger charge is -2.11. The van der Waals surface area contributed by atoms with Gasteiger partial charge in [-0.25, -0.2) is 0 Å². The van der Waals surface area contributed by atoms with Crippen LogP contribution in [0.15, 0.2) is 53.1 Å². The summed E-state index contributed by atoms with van der Waals surface area (Å²) in [4.78, 5) is 0. The molecular weight excluding hydrogens is 174 g/mol. The van der Waals surface area contributed by atoms with Gasteiger partial charge < -0.3 is 10.2 Å². The first kappa shape index (κ1) is 9.03. The molecule has 2 N–H and O–H groups in total. The fraction of sp³-hybridized carbons (Fsp3) is 0.167. The van der Waals surface area contributed by atoms with Gasteiger partial charge >= 0.3 is 0 Å². The van der Waals surface area contributed by atoms with E-state index >= 15 is 0 Å². The van der Waals surface area contributed by atoms with Crippen molar-refractivity contribution in [3.05, 3.63) is 60.1 Å². The monoisotopic (exact) mass is 187 g/mol. The van der Waals surface area contributed by atoms with E-state index in [1.807, 2.05) is 30.3 Å². The molecule has 1 aromatic carbocycles. The Morgan fingerprint density at radius 1 is 1.07 bits per heavy atom. The van der Waals surface area contributed by atoms with Crippen molar-refractivity contribution in [1.29, 1.82) is 0 Å². The van der Waals surface area contributed by atoms with E-state index in [0.29, 0.717) is 6.54 Å². The molecule has 0 radical (unpaired) electrons. The van der Waals surface area contributed by atoms with Crippen LogP contribution in [0.4, 0.5) is 0 Å².